The van der Waals surface area contributed by atoms with Gasteiger partial charge in [0.15, 0.2) is 0 Å². The second kappa shape index (κ2) is 7.26. The molecule has 1 aromatic rings. The minimum absolute atomic E-state index is 0.231. The van der Waals surface area contributed by atoms with Crippen LogP contribution < -0.4 is 5.32 Å². The lowest BCUT2D eigenvalue weighted by Gasteiger charge is -2.27. The maximum absolute atomic E-state index is 11.7. The summed E-state index contributed by atoms with van der Waals surface area (Å²) >= 11 is 0. The van der Waals surface area contributed by atoms with Crippen molar-refractivity contribution in [1.82, 2.24) is 5.32 Å². The molecule has 0 heterocycles. The van der Waals surface area contributed by atoms with Crippen LogP contribution in [-0.2, 0) is 11.2 Å². The molecule has 0 aliphatic carbocycles. The average molecular weight is 265 g/mol. The molecular weight excluding hydrogens is 242 g/mol. The van der Waals surface area contributed by atoms with Gasteiger partial charge in [-0.1, -0.05) is 44.2 Å². The van der Waals surface area contributed by atoms with Gasteiger partial charge in [-0.05, 0) is 18.4 Å². The molecule has 0 bridgehead atoms. The lowest BCUT2D eigenvalue weighted by Crippen LogP contribution is -2.45. The molecule has 106 valence electrons. The predicted octanol–water partition coefficient (Wildman–Crippen LogP) is 1.11. The Balaban J connectivity index is 2.28. The first-order valence-corrected chi connectivity index (χ1v) is 6.58. The highest BCUT2D eigenvalue weighted by molar-refractivity contribution is 5.81. The third kappa shape index (κ3) is 5.01. The van der Waals surface area contributed by atoms with Crippen LogP contribution in [0.5, 0.6) is 0 Å². The van der Waals surface area contributed by atoms with Crippen molar-refractivity contribution in [2.24, 2.45) is 5.41 Å². The fourth-order valence-corrected chi connectivity index (χ4v) is 1.69. The van der Waals surface area contributed by atoms with Crippen molar-refractivity contribution in [3.63, 3.8) is 0 Å². The third-order valence-electron chi connectivity index (χ3n) is 3.18. The van der Waals surface area contributed by atoms with E-state index in [1.165, 1.54) is 5.56 Å². The fraction of sp³-hybridized carbons (Fsp3) is 0.533. The number of nitrogens with one attached hydrogen (secondary N) is 1. The lowest BCUT2D eigenvalue weighted by molar-refractivity contribution is -0.137. The van der Waals surface area contributed by atoms with E-state index in [-0.39, 0.29) is 6.61 Å². The second-order valence-corrected chi connectivity index (χ2v) is 5.43. The monoisotopic (exact) mass is 265 g/mol. The average Bonchev–Trinajstić information content (AvgIpc) is 2.43. The van der Waals surface area contributed by atoms with Crippen LogP contribution in [-0.4, -0.2) is 35.4 Å². The predicted molar refractivity (Wildman–Crippen MR) is 74.6 cm³/mol. The van der Waals surface area contributed by atoms with Crippen molar-refractivity contribution in [3.05, 3.63) is 35.9 Å². The zero-order chi connectivity index (χ0) is 14.3. The summed E-state index contributed by atoms with van der Waals surface area (Å²) in [5.41, 5.74) is 0.414. The van der Waals surface area contributed by atoms with E-state index in [0.29, 0.717) is 6.54 Å². The number of hydrogen-bond acceptors (Lipinski definition) is 3. The molecule has 3 N–H and O–H groups in total. The van der Waals surface area contributed by atoms with Crippen molar-refractivity contribution >= 4 is 5.91 Å². The summed E-state index contributed by atoms with van der Waals surface area (Å²) in [6.45, 7) is 3.60. The molecule has 1 atom stereocenters. The zero-order valence-electron chi connectivity index (χ0n) is 11.6. The van der Waals surface area contributed by atoms with E-state index in [1.807, 2.05) is 30.3 Å². The topological polar surface area (TPSA) is 69.6 Å². The summed E-state index contributed by atoms with van der Waals surface area (Å²) in [4.78, 5) is 11.7. The van der Waals surface area contributed by atoms with Crippen LogP contribution in [0.4, 0.5) is 0 Å². The minimum Gasteiger partial charge on any atom is -0.396 e. The maximum atomic E-state index is 11.7. The number of hydrogen-bond donors (Lipinski definition) is 3. The van der Waals surface area contributed by atoms with E-state index in [1.54, 1.807) is 13.8 Å². The summed E-state index contributed by atoms with van der Waals surface area (Å²) in [5, 5.41) is 21.6. The number of rotatable bonds is 7. The fourth-order valence-electron chi connectivity index (χ4n) is 1.69. The SMILES string of the molecule is CC(C)(CO)[C@@H](O)C(=O)NCCCc1ccccc1. The second-order valence-electron chi connectivity index (χ2n) is 5.43. The van der Waals surface area contributed by atoms with E-state index in [0.717, 1.165) is 12.8 Å². The normalized spacial score (nSPS) is 13.1. The molecule has 0 aliphatic heterocycles. The van der Waals surface area contributed by atoms with E-state index in [4.69, 9.17) is 5.11 Å². The van der Waals surface area contributed by atoms with Crippen LogP contribution in [0.2, 0.25) is 0 Å². The van der Waals surface area contributed by atoms with Gasteiger partial charge < -0.3 is 15.5 Å². The standard InChI is InChI=1S/C15H23NO3/c1-15(2,11-17)13(18)14(19)16-10-6-9-12-7-4-3-5-8-12/h3-5,7-8,13,17-18H,6,9-11H2,1-2H3,(H,16,19)/t13-/m0/s1. The van der Waals surface area contributed by atoms with Crippen LogP contribution in [0.1, 0.15) is 25.8 Å². The summed E-state index contributed by atoms with van der Waals surface area (Å²) in [5.74, 6) is -0.424. The van der Waals surface area contributed by atoms with Gasteiger partial charge in [0.25, 0.3) is 0 Å². The molecular formula is C15H23NO3. The van der Waals surface area contributed by atoms with Gasteiger partial charge in [-0.25, -0.2) is 0 Å². The Kier molecular flexibility index (Phi) is 5.99. The van der Waals surface area contributed by atoms with Crippen molar-refractivity contribution in [2.75, 3.05) is 13.2 Å². The Bertz CT molecular complexity index is 390. The van der Waals surface area contributed by atoms with Crippen LogP contribution in [0.15, 0.2) is 30.3 Å². The first-order chi connectivity index (χ1) is 8.97. The largest absolute Gasteiger partial charge is 0.396 e. The van der Waals surface area contributed by atoms with E-state index in [9.17, 15) is 9.90 Å². The molecule has 0 radical (unpaired) electrons. The molecule has 1 amide bonds. The molecule has 0 saturated heterocycles. The molecule has 1 aromatic carbocycles. The summed E-state index contributed by atoms with van der Waals surface area (Å²) in [6.07, 6.45) is 0.525. The first kappa shape index (κ1) is 15.7. The Morgan fingerprint density at radius 3 is 2.53 bits per heavy atom. The first-order valence-electron chi connectivity index (χ1n) is 6.58. The van der Waals surface area contributed by atoms with E-state index in [2.05, 4.69) is 5.32 Å². The van der Waals surface area contributed by atoms with Crippen molar-refractivity contribution in [2.45, 2.75) is 32.8 Å². The minimum atomic E-state index is -1.19. The molecule has 4 heteroatoms. The van der Waals surface area contributed by atoms with Gasteiger partial charge in [-0.15, -0.1) is 0 Å². The van der Waals surface area contributed by atoms with Crippen LogP contribution in [0, 0.1) is 5.41 Å². The van der Waals surface area contributed by atoms with Gasteiger partial charge in [-0.3, -0.25) is 4.79 Å². The summed E-state index contributed by atoms with van der Waals surface area (Å²) in [6, 6.07) is 10.0. The molecule has 0 saturated carbocycles. The highest BCUT2D eigenvalue weighted by Gasteiger charge is 2.32. The highest BCUT2D eigenvalue weighted by atomic mass is 16.3. The maximum Gasteiger partial charge on any atom is 0.249 e. The van der Waals surface area contributed by atoms with Gasteiger partial charge in [0.1, 0.15) is 6.10 Å². The number of benzene rings is 1. The Morgan fingerprint density at radius 1 is 1.32 bits per heavy atom. The Hall–Kier alpha value is -1.39. The van der Waals surface area contributed by atoms with Gasteiger partial charge in [0.2, 0.25) is 5.91 Å². The molecule has 0 spiro atoms. The van der Waals surface area contributed by atoms with Gasteiger partial charge >= 0.3 is 0 Å². The van der Waals surface area contributed by atoms with Crippen molar-refractivity contribution in [3.8, 4) is 0 Å². The van der Waals surface area contributed by atoms with Gasteiger partial charge in [-0.2, -0.15) is 0 Å². The van der Waals surface area contributed by atoms with E-state index >= 15 is 0 Å². The summed E-state index contributed by atoms with van der Waals surface area (Å²) < 4.78 is 0. The smallest absolute Gasteiger partial charge is 0.249 e. The number of aryl methyl sites for hydroxylation is 1. The zero-order valence-corrected chi connectivity index (χ0v) is 11.6. The van der Waals surface area contributed by atoms with Gasteiger partial charge in [0, 0.05) is 12.0 Å². The molecule has 0 aliphatic rings. The lowest BCUT2D eigenvalue weighted by atomic mass is 9.87. The van der Waals surface area contributed by atoms with Crippen LogP contribution in [0.25, 0.3) is 0 Å². The Morgan fingerprint density at radius 2 is 1.95 bits per heavy atom. The highest BCUT2D eigenvalue weighted by Crippen LogP contribution is 2.19. The molecule has 1 rings (SSSR count). The Labute approximate surface area is 114 Å². The van der Waals surface area contributed by atoms with Crippen LogP contribution in [0.3, 0.4) is 0 Å². The molecule has 19 heavy (non-hydrogen) atoms. The number of amides is 1. The quantitative estimate of drug-likeness (QED) is 0.647. The number of carbonyl (C=O) groups is 1. The summed E-state index contributed by atoms with van der Waals surface area (Å²) in [7, 11) is 0. The third-order valence-corrected chi connectivity index (χ3v) is 3.18. The molecule has 4 nitrogen and oxygen atoms in total. The molecule has 0 unspecified atom stereocenters. The molecule has 0 aromatic heterocycles. The van der Waals surface area contributed by atoms with Crippen molar-refractivity contribution < 1.29 is 15.0 Å². The van der Waals surface area contributed by atoms with Gasteiger partial charge in [0.05, 0.1) is 6.61 Å². The van der Waals surface area contributed by atoms with E-state index < -0.39 is 17.4 Å². The number of aliphatic hydroxyl groups excluding tert-OH is 2. The number of carbonyl (C=O) groups excluding carboxylic acids is 1. The van der Waals surface area contributed by atoms with Crippen molar-refractivity contribution in [1.29, 1.82) is 0 Å². The van der Waals surface area contributed by atoms with Crippen LogP contribution >= 0.6 is 0 Å². The molecule has 0 fully saturated rings. The number of aliphatic hydroxyl groups is 2.